The smallest absolute Gasteiger partial charge is 0.271 e. The van der Waals surface area contributed by atoms with Gasteiger partial charge < -0.3 is 0 Å². The number of carbonyl (C=O) groups excluding carboxylic acids is 1. The lowest BCUT2D eigenvalue weighted by atomic mass is 10.2. The number of sulfonamides is 1. The molecule has 1 aromatic heterocycles. The van der Waals surface area contributed by atoms with Gasteiger partial charge in [0.2, 0.25) is 10.0 Å². The molecule has 0 aliphatic carbocycles. The predicted octanol–water partition coefficient (Wildman–Crippen LogP) is 3.24. The second-order valence-corrected chi connectivity index (χ2v) is 9.49. The highest BCUT2D eigenvalue weighted by Crippen LogP contribution is 2.29. The highest BCUT2D eigenvalue weighted by Gasteiger charge is 2.27. The largest absolute Gasteiger partial charge is 0.298 e. The number of benzene rings is 2. The first-order valence-corrected chi connectivity index (χ1v) is 11.1. The molecule has 0 atom stereocenters. The molecule has 29 heavy (non-hydrogen) atoms. The van der Waals surface area contributed by atoms with Gasteiger partial charge in [-0.2, -0.15) is 4.31 Å². The Morgan fingerprint density at radius 1 is 1.14 bits per heavy atom. The maximum absolute atomic E-state index is 12.6. The Labute approximate surface area is 170 Å². The van der Waals surface area contributed by atoms with Gasteiger partial charge in [0.25, 0.3) is 11.6 Å². The van der Waals surface area contributed by atoms with Crippen LogP contribution in [0.4, 0.5) is 10.8 Å². The number of thiazole rings is 1. The molecule has 3 aromatic rings. The van der Waals surface area contributed by atoms with Crippen molar-refractivity contribution in [3.8, 4) is 0 Å². The summed E-state index contributed by atoms with van der Waals surface area (Å²) >= 11 is 1.20. The van der Waals surface area contributed by atoms with Crippen LogP contribution in [0.5, 0.6) is 0 Å². The van der Waals surface area contributed by atoms with Crippen molar-refractivity contribution in [3.05, 3.63) is 58.1 Å². The molecule has 1 fully saturated rings. The summed E-state index contributed by atoms with van der Waals surface area (Å²) in [4.78, 5) is 27.2. The molecule has 9 nitrogen and oxygen atoms in total. The third kappa shape index (κ3) is 3.84. The summed E-state index contributed by atoms with van der Waals surface area (Å²) in [7, 11) is -3.53. The fraction of sp³-hybridized carbons (Fsp3) is 0.222. The Bertz CT molecular complexity index is 1200. The normalized spacial score (nSPS) is 14.9. The van der Waals surface area contributed by atoms with Crippen LogP contribution in [0.1, 0.15) is 23.2 Å². The minimum atomic E-state index is -3.53. The highest BCUT2D eigenvalue weighted by molar-refractivity contribution is 7.89. The zero-order chi connectivity index (χ0) is 20.6. The van der Waals surface area contributed by atoms with Gasteiger partial charge in [0, 0.05) is 30.8 Å². The van der Waals surface area contributed by atoms with Crippen LogP contribution in [0.3, 0.4) is 0 Å². The summed E-state index contributed by atoms with van der Waals surface area (Å²) < 4.78 is 27.3. The molecule has 1 amide bonds. The molecule has 2 aromatic carbocycles. The van der Waals surface area contributed by atoms with Gasteiger partial charge in [-0.3, -0.25) is 20.2 Å². The number of nitrogens with zero attached hydrogens (tertiary/aromatic N) is 3. The summed E-state index contributed by atoms with van der Waals surface area (Å²) in [6.07, 6.45) is 1.70. The average Bonchev–Trinajstić information content (AvgIpc) is 3.37. The third-order valence-electron chi connectivity index (χ3n) is 4.62. The fourth-order valence-corrected chi connectivity index (χ4v) is 5.47. The van der Waals surface area contributed by atoms with Crippen molar-refractivity contribution in [1.82, 2.24) is 9.29 Å². The molecule has 1 N–H and O–H groups in total. The Kier molecular flexibility index (Phi) is 5.03. The van der Waals surface area contributed by atoms with E-state index in [0.29, 0.717) is 28.4 Å². The molecular formula is C18H16N4O5S2. The summed E-state index contributed by atoms with van der Waals surface area (Å²) in [5, 5.41) is 13.8. The lowest BCUT2D eigenvalue weighted by Gasteiger charge is -2.15. The van der Waals surface area contributed by atoms with Gasteiger partial charge in [-0.05, 0) is 43.2 Å². The molecule has 2 heterocycles. The molecule has 0 unspecified atom stereocenters. The maximum atomic E-state index is 12.6. The van der Waals surface area contributed by atoms with Crippen LogP contribution in [0, 0.1) is 10.1 Å². The van der Waals surface area contributed by atoms with E-state index in [9.17, 15) is 23.3 Å². The van der Waals surface area contributed by atoms with E-state index in [2.05, 4.69) is 10.3 Å². The second-order valence-electron chi connectivity index (χ2n) is 6.52. The lowest BCUT2D eigenvalue weighted by Crippen LogP contribution is -2.27. The van der Waals surface area contributed by atoms with Crippen molar-refractivity contribution in [2.75, 3.05) is 18.4 Å². The van der Waals surface area contributed by atoms with Gasteiger partial charge in [-0.15, -0.1) is 0 Å². The van der Waals surface area contributed by atoms with Gasteiger partial charge >= 0.3 is 0 Å². The van der Waals surface area contributed by atoms with E-state index in [1.54, 1.807) is 6.07 Å². The van der Waals surface area contributed by atoms with Crippen molar-refractivity contribution in [1.29, 1.82) is 0 Å². The second kappa shape index (κ2) is 7.50. The topological polar surface area (TPSA) is 123 Å². The molecule has 0 bridgehead atoms. The number of hydrogen-bond acceptors (Lipinski definition) is 7. The van der Waals surface area contributed by atoms with Gasteiger partial charge in [-0.25, -0.2) is 13.4 Å². The number of aromatic nitrogens is 1. The number of nitro benzene ring substituents is 1. The van der Waals surface area contributed by atoms with Crippen molar-refractivity contribution in [2.45, 2.75) is 17.7 Å². The van der Waals surface area contributed by atoms with E-state index in [4.69, 9.17) is 0 Å². The third-order valence-corrected chi connectivity index (χ3v) is 7.49. The van der Waals surface area contributed by atoms with E-state index in [1.807, 2.05) is 0 Å². The minimum absolute atomic E-state index is 0.0736. The number of hydrogen-bond donors (Lipinski definition) is 1. The predicted molar refractivity (Wildman–Crippen MR) is 109 cm³/mol. The number of anilines is 1. The molecule has 1 aliphatic rings. The first-order chi connectivity index (χ1) is 13.8. The van der Waals surface area contributed by atoms with Crippen LogP contribution in [-0.2, 0) is 10.0 Å². The SMILES string of the molecule is O=C(Nc1nc2cc([N+](=O)[O-])ccc2s1)c1ccc(S(=O)(=O)N2CCCC2)cc1. The molecule has 4 rings (SSSR count). The molecule has 1 aliphatic heterocycles. The summed E-state index contributed by atoms with van der Waals surface area (Å²) in [6, 6.07) is 10.1. The molecule has 11 heteroatoms. The Hall–Kier alpha value is -2.89. The summed E-state index contributed by atoms with van der Waals surface area (Å²) in [5.74, 6) is -0.441. The number of nitrogens with one attached hydrogen (secondary N) is 1. The Morgan fingerprint density at radius 2 is 1.83 bits per heavy atom. The number of amides is 1. The average molecular weight is 432 g/mol. The lowest BCUT2D eigenvalue weighted by molar-refractivity contribution is -0.384. The van der Waals surface area contributed by atoms with Crippen LogP contribution in [0.15, 0.2) is 47.4 Å². The minimum Gasteiger partial charge on any atom is -0.298 e. The van der Waals surface area contributed by atoms with Gasteiger partial charge in [0.15, 0.2) is 5.13 Å². The van der Waals surface area contributed by atoms with Crippen LogP contribution in [0.25, 0.3) is 10.2 Å². The number of rotatable bonds is 5. The standard InChI is InChI=1S/C18H16N4O5S2/c23-17(20-18-19-15-11-13(22(24)25)5-8-16(15)28-18)12-3-6-14(7-4-12)29(26,27)21-9-1-2-10-21/h3-8,11H,1-2,9-10H2,(H,19,20,23). The first-order valence-electron chi connectivity index (χ1n) is 8.81. The van der Waals surface area contributed by atoms with Crippen molar-refractivity contribution < 1.29 is 18.1 Å². The van der Waals surface area contributed by atoms with Crippen molar-refractivity contribution in [3.63, 3.8) is 0 Å². The van der Waals surface area contributed by atoms with Crippen molar-refractivity contribution >= 4 is 48.3 Å². The zero-order valence-electron chi connectivity index (χ0n) is 15.1. The molecule has 0 radical (unpaired) electrons. The zero-order valence-corrected chi connectivity index (χ0v) is 16.7. The van der Waals surface area contributed by atoms with E-state index in [-0.39, 0.29) is 16.1 Å². The Morgan fingerprint density at radius 3 is 2.48 bits per heavy atom. The van der Waals surface area contributed by atoms with Crippen LogP contribution in [-0.4, -0.2) is 41.6 Å². The highest BCUT2D eigenvalue weighted by atomic mass is 32.2. The van der Waals surface area contributed by atoms with Crippen LogP contribution in [0.2, 0.25) is 0 Å². The van der Waals surface area contributed by atoms with E-state index in [1.165, 1.54) is 52.0 Å². The molecular weight excluding hydrogens is 416 g/mol. The van der Waals surface area contributed by atoms with E-state index < -0.39 is 20.9 Å². The van der Waals surface area contributed by atoms with Gasteiger partial charge in [-0.1, -0.05) is 11.3 Å². The number of nitro groups is 1. The van der Waals surface area contributed by atoms with Crippen LogP contribution >= 0.6 is 11.3 Å². The molecule has 0 saturated carbocycles. The number of fused-ring (bicyclic) bond motifs is 1. The van der Waals surface area contributed by atoms with Gasteiger partial charge in [0.1, 0.15) is 0 Å². The van der Waals surface area contributed by atoms with E-state index >= 15 is 0 Å². The van der Waals surface area contributed by atoms with E-state index in [0.717, 1.165) is 12.8 Å². The monoisotopic (exact) mass is 432 g/mol. The van der Waals surface area contributed by atoms with Gasteiger partial charge in [0.05, 0.1) is 20.0 Å². The number of carbonyl (C=O) groups is 1. The Balaban J connectivity index is 1.51. The molecule has 1 saturated heterocycles. The molecule has 0 spiro atoms. The summed E-state index contributed by atoms with van der Waals surface area (Å²) in [5.41, 5.74) is 0.637. The van der Waals surface area contributed by atoms with Crippen LogP contribution < -0.4 is 5.32 Å². The summed E-state index contributed by atoms with van der Waals surface area (Å²) in [6.45, 7) is 1.03. The fourth-order valence-electron chi connectivity index (χ4n) is 3.11. The maximum Gasteiger partial charge on any atom is 0.271 e. The van der Waals surface area contributed by atoms with Crippen molar-refractivity contribution in [2.24, 2.45) is 0 Å². The quantitative estimate of drug-likeness (QED) is 0.488. The first kappa shape index (κ1) is 19.4. The number of non-ortho nitro benzene ring substituents is 1. The molecule has 150 valence electrons.